The molecule has 3 aromatic rings. The molecule has 0 heterocycles. The zero-order chi connectivity index (χ0) is 22.4. The molecule has 0 spiro atoms. The first-order chi connectivity index (χ1) is 14.9. The van der Waals surface area contributed by atoms with Crippen molar-refractivity contribution in [1.82, 2.24) is 0 Å². The minimum Gasteiger partial charge on any atom is -0.123 e. The van der Waals surface area contributed by atoms with E-state index in [0.29, 0.717) is 15.7 Å². The van der Waals surface area contributed by atoms with E-state index in [9.17, 15) is 0 Å². The predicted octanol–water partition coefficient (Wildman–Crippen LogP) is 7.95. The molecule has 0 bridgehead atoms. The third-order valence-corrected chi connectivity index (χ3v) is 10.7. The maximum atomic E-state index is 2.37. The van der Waals surface area contributed by atoms with Gasteiger partial charge in [-0.1, -0.05) is 96.1 Å². The highest BCUT2D eigenvalue weighted by Crippen LogP contribution is 2.43. The van der Waals surface area contributed by atoms with E-state index in [1.54, 1.807) is 0 Å². The van der Waals surface area contributed by atoms with E-state index in [1.807, 2.05) is 35.3 Å². The maximum Gasteiger partial charge on any atom is 0.0158 e. The Bertz CT molecular complexity index is 854. The first-order valence-electron chi connectivity index (χ1n) is 10.9. The van der Waals surface area contributed by atoms with Gasteiger partial charge in [0.15, 0.2) is 0 Å². The van der Waals surface area contributed by atoms with Gasteiger partial charge in [0.2, 0.25) is 0 Å². The summed E-state index contributed by atoms with van der Waals surface area (Å²) in [6.07, 6.45) is 0. The van der Waals surface area contributed by atoms with E-state index >= 15 is 0 Å². The maximum absolute atomic E-state index is 2.37. The Labute approximate surface area is 203 Å². The molecular formula is C27H33PS3. The van der Waals surface area contributed by atoms with Crippen molar-refractivity contribution in [2.24, 2.45) is 0 Å². The van der Waals surface area contributed by atoms with Crippen LogP contribution >= 0.6 is 43.2 Å². The van der Waals surface area contributed by atoms with Crippen LogP contribution in [-0.2, 0) is 0 Å². The van der Waals surface area contributed by atoms with Crippen LogP contribution in [0, 0.1) is 0 Å². The van der Waals surface area contributed by atoms with Gasteiger partial charge in [0.1, 0.15) is 0 Å². The highest BCUT2D eigenvalue weighted by atomic mass is 32.2. The minimum atomic E-state index is -0.663. The lowest BCUT2D eigenvalue weighted by Gasteiger charge is -2.27. The Morgan fingerprint density at radius 1 is 0.452 bits per heavy atom. The Morgan fingerprint density at radius 2 is 0.710 bits per heavy atom. The highest BCUT2D eigenvalue weighted by molar-refractivity contribution is 8.02. The molecule has 0 atom stereocenters. The zero-order valence-electron chi connectivity index (χ0n) is 19.3. The monoisotopic (exact) mass is 484 g/mol. The van der Waals surface area contributed by atoms with Gasteiger partial charge < -0.3 is 0 Å². The molecule has 0 aromatic heterocycles. The average molecular weight is 485 g/mol. The second kappa shape index (κ2) is 11.8. The molecule has 0 amide bonds. The van der Waals surface area contributed by atoms with E-state index in [-0.39, 0.29) is 0 Å². The number of hydrogen-bond acceptors (Lipinski definition) is 3. The average Bonchev–Trinajstić information content (AvgIpc) is 2.70. The van der Waals surface area contributed by atoms with Crippen LogP contribution in [0.2, 0.25) is 0 Å². The van der Waals surface area contributed by atoms with Gasteiger partial charge in [-0.25, -0.2) is 0 Å². The molecule has 0 unspecified atom stereocenters. The van der Waals surface area contributed by atoms with Crippen LogP contribution in [0.3, 0.4) is 0 Å². The van der Waals surface area contributed by atoms with E-state index in [4.69, 9.17) is 0 Å². The predicted molar refractivity (Wildman–Crippen MR) is 148 cm³/mol. The molecule has 0 N–H and O–H groups in total. The smallest absolute Gasteiger partial charge is 0.0158 e. The van der Waals surface area contributed by atoms with Crippen molar-refractivity contribution < 1.29 is 0 Å². The molecule has 4 heteroatoms. The second-order valence-electron chi connectivity index (χ2n) is 8.24. The van der Waals surface area contributed by atoms with Gasteiger partial charge in [-0.2, -0.15) is 0 Å². The van der Waals surface area contributed by atoms with Gasteiger partial charge in [0.05, 0.1) is 0 Å². The molecule has 0 aliphatic heterocycles. The highest BCUT2D eigenvalue weighted by Gasteiger charge is 2.25. The van der Waals surface area contributed by atoms with Crippen LogP contribution in [0.4, 0.5) is 0 Å². The molecule has 0 fully saturated rings. The van der Waals surface area contributed by atoms with Gasteiger partial charge in [-0.3, -0.25) is 0 Å². The van der Waals surface area contributed by atoms with Crippen molar-refractivity contribution in [1.29, 1.82) is 0 Å². The number of hydrogen-bond donors (Lipinski definition) is 0. The molecule has 3 aromatic carbocycles. The van der Waals surface area contributed by atoms with Crippen LogP contribution in [0.15, 0.2) is 87.5 Å². The molecule has 31 heavy (non-hydrogen) atoms. The van der Waals surface area contributed by atoms with E-state index in [1.165, 1.54) is 30.6 Å². The Balaban J connectivity index is 2.26. The third kappa shape index (κ3) is 6.81. The summed E-state index contributed by atoms with van der Waals surface area (Å²) in [5, 5.41) is 6.09. The summed E-state index contributed by atoms with van der Waals surface area (Å²) in [4.78, 5) is 4.24. The first kappa shape index (κ1) is 24.8. The standard InChI is InChI=1S/C27H33PS3/c1-19(2)29-25-16-10-7-13-22(25)28(23-14-8-11-17-26(23)30-20(3)4)24-15-9-12-18-27(24)31-21(5)6/h7-21H,1-6H3. The van der Waals surface area contributed by atoms with Crippen molar-refractivity contribution in [3.05, 3.63) is 72.8 Å². The lowest BCUT2D eigenvalue weighted by atomic mass is 10.3. The Hall–Kier alpha value is -0.860. The fourth-order valence-corrected chi connectivity index (χ4v) is 9.60. The van der Waals surface area contributed by atoms with Crippen LogP contribution < -0.4 is 15.9 Å². The molecule has 0 saturated heterocycles. The summed E-state index contributed by atoms with van der Waals surface area (Å²) in [7, 11) is -0.663. The lowest BCUT2D eigenvalue weighted by Crippen LogP contribution is -2.25. The second-order valence-corrected chi connectivity index (χ2v) is 15.2. The quantitative estimate of drug-likeness (QED) is 0.223. The van der Waals surface area contributed by atoms with Crippen molar-refractivity contribution in [3.8, 4) is 0 Å². The number of thioether (sulfide) groups is 3. The molecule has 0 saturated carbocycles. The van der Waals surface area contributed by atoms with E-state index in [0.717, 1.165) is 0 Å². The van der Waals surface area contributed by atoms with Crippen LogP contribution in [-0.4, -0.2) is 15.7 Å². The molecule has 0 aliphatic carbocycles. The SMILES string of the molecule is CC(C)Sc1ccccc1P(c1ccccc1SC(C)C)c1ccccc1SC(C)C. The van der Waals surface area contributed by atoms with Gasteiger partial charge in [0.25, 0.3) is 0 Å². The van der Waals surface area contributed by atoms with Gasteiger partial charge in [0, 0.05) is 30.4 Å². The Morgan fingerprint density at radius 3 is 0.968 bits per heavy atom. The summed E-state index contributed by atoms with van der Waals surface area (Å²) in [5.74, 6) is 0. The van der Waals surface area contributed by atoms with Crippen molar-refractivity contribution >= 4 is 59.1 Å². The zero-order valence-corrected chi connectivity index (χ0v) is 22.7. The summed E-state index contributed by atoms with van der Waals surface area (Å²) in [5.41, 5.74) is 0. The number of benzene rings is 3. The summed E-state index contributed by atoms with van der Waals surface area (Å²) in [6.45, 7) is 13.7. The molecule has 0 radical (unpaired) electrons. The van der Waals surface area contributed by atoms with Gasteiger partial charge >= 0.3 is 0 Å². The van der Waals surface area contributed by atoms with Crippen LogP contribution in [0.5, 0.6) is 0 Å². The summed E-state index contributed by atoms with van der Waals surface area (Å²) < 4.78 is 0. The van der Waals surface area contributed by atoms with Crippen LogP contribution in [0.1, 0.15) is 41.5 Å². The lowest BCUT2D eigenvalue weighted by molar-refractivity contribution is 1.11. The first-order valence-corrected chi connectivity index (χ1v) is 14.9. The van der Waals surface area contributed by atoms with Crippen molar-refractivity contribution in [2.45, 2.75) is 72.0 Å². The molecule has 0 nitrogen and oxygen atoms in total. The normalized spacial score (nSPS) is 11.8. The minimum absolute atomic E-state index is 0.554. The van der Waals surface area contributed by atoms with E-state index < -0.39 is 7.92 Å². The van der Waals surface area contributed by atoms with E-state index in [2.05, 4.69) is 114 Å². The molecule has 0 aliphatic rings. The number of rotatable bonds is 9. The van der Waals surface area contributed by atoms with Crippen molar-refractivity contribution in [3.63, 3.8) is 0 Å². The molecule has 3 rings (SSSR count). The largest absolute Gasteiger partial charge is 0.123 e. The third-order valence-electron chi connectivity index (χ3n) is 4.41. The fourth-order valence-electron chi connectivity index (χ4n) is 3.38. The van der Waals surface area contributed by atoms with Gasteiger partial charge in [-0.15, -0.1) is 35.3 Å². The Kier molecular flexibility index (Phi) is 9.47. The fraction of sp³-hybridized carbons (Fsp3) is 0.333. The van der Waals surface area contributed by atoms with Crippen LogP contribution in [0.25, 0.3) is 0 Å². The van der Waals surface area contributed by atoms with Gasteiger partial charge in [-0.05, 0) is 42.0 Å². The topological polar surface area (TPSA) is 0 Å². The molecule has 164 valence electrons. The molecular weight excluding hydrogens is 451 g/mol. The summed E-state index contributed by atoms with van der Waals surface area (Å²) >= 11 is 5.95. The summed E-state index contributed by atoms with van der Waals surface area (Å²) in [6, 6.07) is 27.2. The van der Waals surface area contributed by atoms with Crippen molar-refractivity contribution in [2.75, 3.05) is 0 Å².